The first-order valence-corrected chi connectivity index (χ1v) is 11.6. The zero-order valence-electron chi connectivity index (χ0n) is 16.5. The highest BCUT2D eigenvalue weighted by molar-refractivity contribution is 7.97. The number of likely N-dealkylation sites (tertiary alicyclic amines) is 1. The van der Waals surface area contributed by atoms with Crippen LogP contribution in [0.5, 0.6) is 5.75 Å². The van der Waals surface area contributed by atoms with E-state index in [0.29, 0.717) is 12.8 Å². The van der Waals surface area contributed by atoms with Gasteiger partial charge in [0.1, 0.15) is 5.75 Å². The van der Waals surface area contributed by atoms with Crippen molar-refractivity contribution in [3.8, 4) is 5.75 Å². The first-order valence-electron chi connectivity index (χ1n) is 10.7. The molecule has 0 aromatic heterocycles. The molecular formula is C22H30N2O3S. The third kappa shape index (κ3) is 2.76. The molecule has 2 saturated carbocycles. The van der Waals surface area contributed by atoms with Gasteiger partial charge in [0.15, 0.2) is 5.78 Å². The van der Waals surface area contributed by atoms with Crippen molar-refractivity contribution in [2.45, 2.75) is 68.5 Å². The number of fused-ring (bicyclic) bond motifs is 1. The number of hydrogen-bond donors (Lipinski definition) is 3. The minimum absolute atomic E-state index is 0.0444. The van der Waals surface area contributed by atoms with Crippen LogP contribution < -0.4 is 4.72 Å². The van der Waals surface area contributed by atoms with Crippen LogP contribution in [0, 0.1) is 5.92 Å². The number of nitrogens with one attached hydrogen (secondary N) is 1. The number of aliphatic hydroxyl groups is 1. The molecule has 2 bridgehead atoms. The van der Waals surface area contributed by atoms with Gasteiger partial charge in [-0.3, -0.25) is 14.4 Å². The van der Waals surface area contributed by atoms with Crippen molar-refractivity contribution in [1.29, 1.82) is 0 Å². The number of carbonyl (C=O) groups excluding carboxylic acids is 1. The molecule has 0 unspecified atom stereocenters. The summed E-state index contributed by atoms with van der Waals surface area (Å²) < 4.78 is 3.31. The van der Waals surface area contributed by atoms with Crippen LogP contribution in [0.2, 0.25) is 0 Å². The van der Waals surface area contributed by atoms with Crippen LogP contribution in [0.3, 0.4) is 0 Å². The van der Waals surface area contributed by atoms with Crippen LogP contribution in [-0.4, -0.2) is 57.4 Å². The zero-order chi connectivity index (χ0) is 19.5. The Balaban J connectivity index is 1.58. The summed E-state index contributed by atoms with van der Waals surface area (Å²) in [7, 11) is 0. The van der Waals surface area contributed by atoms with Crippen LogP contribution in [0.25, 0.3) is 0 Å². The molecule has 1 aliphatic heterocycles. The third-order valence-electron chi connectivity index (χ3n) is 7.61. The van der Waals surface area contributed by atoms with Crippen molar-refractivity contribution in [3.05, 3.63) is 29.3 Å². The highest BCUT2D eigenvalue weighted by Crippen LogP contribution is 2.58. The van der Waals surface area contributed by atoms with E-state index in [4.69, 9.17) is 0 Å². The minimum atomic E-state index is -0.944. The van der Waals surface area contributed by atoms with E-state index in [2.05, 4.69) is 16.5 Å². The second-order valence-electron chi connectivity index (χ2n) is 9.21. The molecule has 3 N–H and O–H groups in total. The Hall–Kier alpha value is -1.08. The molecule has 3 aliphatic carbocycles. The Kier molecular flexibility index (Phi) is 4.54. The van der Waals surface area contributed by atoms with Crippen molar-refractivity contribution < 1.29 is 15.0 Å². The standard InChI is InChI=1S/C22H30N2O3S/c1-2-28-23-18-11-22(27)20-9-15-5-6-16(25)10-17(15)21(22,12-19(18)26)7-8-24(20)13-14-3-4-14/h5-6,10,14,18,20,23,25,27H,2-4,7-9,11-13H2,1H3/t18-,20+,21+,22+/m0/s1. The lowest BCUT2D eigenvalue weighted by Gasteiger charge is -2.64. The maximum absolute atomic E-state index is 13.1. The number of aromatic hydroxyl groups is 1. The molecule has 1 heterocycles. The molecule has 5 nitrogen and oxygen atoms in total. The minimum Gasteiger partial charge on any atom is -0.508 e. The van der Waals surface area contributed by atoms with E-state index < -0.39 is 11.0 Å². The van der Waals surface area contributed by atoms with Crippen molar-refractivity contribution in [2.24, 2.45) is 5.92 Å². The molecule has 1 aromatic carbocycles. The largest absolute Gasteiger partial charge is 0.508 e. The van der Waals surface area contributed by atoms with E-state index in [1.165, 1.54) is 18.4 Å². The second kappa shape index (κ2) is 6.73. The van der Waals surface area contributed by atoms with Crippen LogP contribution in [0.15, 0.2) is 18.2 Å². The Labute approximate surface area is 171 Å². The molecule has 28 heavy (non-hydrogen) atoms. The van der Waals surface area contributed by atoms with E-state index in [1.807, 2.05) is 12.1 Å². The van der Waals surface area contributed by atoms with Gasteiger partial charge in [0.25, 0.3) is 0 Å². The van der Waals surface area contributed by atoms with Gasteiger partial charge in [-0.15, -0.1) is 0 Å². The fourth-order valence-electron chi connectivity index (χ4n) is 6.05. The van der Waals surface area contributed by atoms with Crippen LogP contribution >= 0.6 is 11.9 Å². The van der Waals surface area contributed by atoms with Gasteiger partial charge in [0, 0.05) is 36.6 Å². The van der Waals surface area contributed by atoms with E-state index in [9.17, 15) is 15.0 Å². The number of benzene rings is 1. The Morgan fingerprint density at radius 1 is 1.36 bits per heavy atom. The van der Waals surface area contributed by atoms with Gasteiger partial charge in [-0.2, -0.15) is 0 Å². The topological polar surface area (TPSA) is 72.8 Å². The number of Topliss-reactive ketones (excluding diaryl/α,β-unsaturated/α-hetero) is 1. The number of nitrogens with zero attached hydrogens (tertiary/aromatic N) is 1. The molecule has 3 fully saturated rings. The first-order chi connectivity index (χ1) is 13.5. The van der Waals surface area contributed by atoms with Crippen molar-refractivity contribution in [1.82, 2.24) is 9.62 Å². The van der Waals surface area contributed by atoms with E-state index in [1.54, 1.807) is 18.0 Å². The van der Waals surface area contributed by atoms with Gasteiger partial charge in [-0.25, -0.2) is 0 Å². The predicted molar refractivity (Wildman–Crippen MR) is 110 cm³/mol. The summed E-state index contributed by atoms with van der Waals surface area (Å²) in [5, 5.41) is 22.4. The third-order valence-corrected chi connectivity index (χ3v) is 8.35. The maximum Gasteiger partial charge on any atom is 0.151 e. The number of phenolic OH excluding ortho intramolecular Hbond substituents is 1. The summed E-state index contributed by atoms with van der Waals surface area (Å²) in [6.07, 6.45) is 4.99. The monoisotopic (exact) mass is 402 g/mol. The highest BCUT2D eigenvalue weighted by atomic mass is 32.2. The van der Waals surface area contributed by atoms with Gasteiger partial charge in [0.2, 0.25) is 0 Å². The zero-order valence-corrected chi connectivity index (χ0v) is 17.3. The van der Waals surface area contributed by atoms with E-state index >= 15 is 0 Å². The fraction of sp³-hybridized carbons (Fsp3) is 0.682. The average Bonchev–Trinajstić information content (AvgIpc) is 3.47. The summed E-state index contributed by atoms with van der Waals surface area (Å²) in [4.78, 5) is 15.6. The molecule has 5 rings (SSSR count). The molecule has 6 heteroatoms. The summed E-state index contributed by atoms with van der Waals surface area (Å²) in [6, 6.07) is 5.30. The first kappa shape index (κ1) is 18.9. The fourth-order valence-corrected chi connectivity index (χ4v) is 6.63. The van der Waals surface area contributed by atoms with Crippen LogP contribution in [-0.2, 0) is 16.6 Å². The molecule has 152 valence electrons. The van der Waals surface area contributed by atoms with Crippen molar-refractivity contribution in [3.63, 3.8) is 0 Å². The van der Waals surface area contributed by atoms with E-state index in [0.717, 1.165) is 43.2 Å². The summed E-state index contributed by atoms with van der Waals surface area (Å²) in [5.41, 5.74) is 0.680. The summed E-state index contributed by atoms with van der Waals surface area (Å²) in [6.45, 7) is 4.05. The molecule has 0 radical (unpaired) electrons. The maximum atomic E-state index is 13.1. The Bertz CT molecular complexity index is 798. The highest BCUT2D eigenvalue weighted by Gasteiger charge is 2.66. The molecule has 4 atom stereocenters. The number of piperidine rings is 1. The second-order valence-corrected chi connectivity index (χ2v) is 10.3. The average molecular weight is 403 g/mol. The van der Waals surface area contributed by atoms with Gasteiger partial charge >= 0.3 is 0 Å². The van der Waals surface area contributed by atoms with Crippen molar-refractivity contribution in [2.75, 3.05) is 18.8 Å². The number of rotatable bonds is 5. The van der Waals surface area contributed by atoms with Crippen LogP contribution in [0.4, 0.5) is 0 Å². The lowest BCUT2D eigenvalue weighted by molar-refractivity contribution is -0.176. The molecular weight excluding hydrogens is 372 g/mol. The summed E-state index contributed by atoms with van der Waals surface area (Å²) in [5.74, 6) is 2.08. The molecule has 4 aliphatic rings. The molecule has 0 spiro atoms. The summed E-state index contributed by atoms with van der Waals surface area (Å²) >= 11 is 1.56. The predicted octanol–water partition coefficient (Wildman–Crippen LogP) is 2.39. The molecule has 0 amide bonds. The molecule has 1 aromatic rings. The normalized spacial score (nSPS) is 37.4. The lowest BCUT2D eigenvalue weighted by Crippen LogP contribution is -2.75. The van der Waals surface area contributed by atoms with Crippen LogP contribution in [0.1, 0.15) is 50.2 Å². The van der Waals surface area contributed by atoms with Crippen molar-refractivity contribution >= 4 is 17.7 Å². The Morgan fingerprint density at radius 2 is 2.18 bits per heavy atom. The number of phenols is 1. The Morgan fingerprint density at radius 3 is 2.93 bits per heavy atom. The van der Waals surface area contributed by atoms with Gasteiger partial charge < -0.3 is 10.2 Å². The molecule has 1 saturated heterocycles. The number of ketones is 1. The van der Waals surface area contributed by atoms with E-state index in [-0.39, 0.29) is 23.6 Å². The quantitative estimate of drug-likeness (QED) is 0.657. The van der Waals surface area contributed by atoms with Gasteiger partial charge in [-0.1, -0.05) is 24.9 Å². The van der Waals surface area contributed by atoms with Gasteiger partial charge in [0.05, 0.1) is 11.6 Å². The SMILES string of the molecule is CCSN[C@H]1C[C@@]2(O)[C@H]3Cc4ccc(O)cc4[C@@]2(CCN3CC2CC2)CC1=O. The number of carbonyl (C=O) groups is 1. The lowest BCUT2D eigenvalue weighted by atomic mass is 9.48. The van der Waals surface area contributed by atoms with Gasteiger partial charge in [-0.05, 0) is 61.4 Å². The smallest absolute Gasteiger partial charge is 0.151 e. The number of hydrogen-bond acceptors (Lipinski definition) is 6.